The third-order valence-corrected chi connectivity index (χ3v) is 0.922. The zero-order chi connectivity index (χ0) is 7.66. The van der Waals surface area contributed by atoms with Crippen LogP contribution in [0.3, 0.4) is 0 Å². The number of hydrogen-bond donors (Lipinski definition) is 1. The van der Waals surface area contributed by atoms with Crippen molar-refractivity contribution in [3.63, 3.8) is 0 Å². The first kappa shape index (κ1) is 9.84. The van der Waals surface area contributed by atoms with Gasteiger partial charge in [0.05, 0.1) is 26.4 Å². The first-order valence-electron chi connectivity index (χ1n) is 3.39. The Kier molecular flexibility index (Phi) is 8.70. The van der Waals surface area contributed by atoms with Gasteiger partial charge in [-0.2, -0.15) is 0 Å². The maximum atomic E-state index is 5.05. The van der Waals surface area contributed by atoms with Crippen molar-refractivity contribution in [2.75, 3.05) is 33.0 Å². The van der Waals surface area contributed by atoms with Crippen molar-refractivity contribution in [1.29, 1.82) is 0 Å². The highest BCUT2D eigenvalue weighted by molar-refractivity contribution is 4.29. The molecule has 0 bridgehead atoms. The highest BCUT2D eigenvalue weighted by Crippen LogP contribution is 1.77. The fourth-order valence-electron chi connectivity index (χ4n) is 0.471. The summed E-state index contributed by atoms with van der Waals surface area (Å²) in [6, 6.07) is 0. The molecule has 0 radical (unpaired) electrons. The van der Waals surface area contributed by atoms with Gasteiger partial charge in [0.2, 0.25) is 0 Å². The predicted octanol–water partition coefficient (Wildman–Crippen LogP) is -0.0702. The Morgan fingerprint density at radius 1 is 1.00 bits per heavy atom. The van der Waals surface area contributed by atoms with Crippen molar-refractivity contribution < 1.29 is 14.3 Å². The van der Waals surface area contributed by atoms with Crippen LogP contribution >= 0.6 is 0 Å². The van der Waals surface area contributed by atoms with Crippen LogP contribution in [0.25, 0.3) is 0 Å². The largest absolute Gasteiger partial charge is 0.379 e. The molecule has 0 aromatic carbocycles. The van der Waals surface area contributed by atoms with E-state index in [1.165, 1.54) is 0 Å². The molecule has 0 fully saturated rings. The van der Waals surface area contributed by atoms with Gasteiger partial charge in [0.25, 0.3) is 0 Å². The Balaban J connectivity index is 2.65. The van der Waals surface area contributed by atoms with Crippen LogP contribution in [0.4, 0.5) is 0 Å². The van der Waals surface area contributed by atoms with Crippen molar-refractivity contribution in [3.05, 3.63) is 0 Å². The van der Waals surface area contributed by atoms with Crippen molar-refractivity contribution >= 4 is 0 Å². The Morgan fingerprint density at radius 3 is 2.20 bits per heavy atom. The van der Waals surface area contributed by atoms with Gasteiger partial charge >= 0.3 is 0 Å². The molecule has 62 valence electrons. The van der Waals surface area contributed by atoms with E-state index in [9.17, 15) is 0 Å². The number of ether oxygens (including phenoxy) is 2. The molecule has 0 aliphatic heterocycles. The summed E-state index contributed by atoms with van der Waals surface area (Å²) in [5.41, 5.74) is 0. The molecule has 0 aromatic heterocycles. The standard InChI is InChI=1S/C6H15NO3/c1-2-8-3-4-9-5-6-10-7/h2-7H2,1H3. The second kappa shape index (κ2) is 8.84. The molecule has 0 aliphatic rings. The van der Waals surface area contributed by atoms with E-state index < -0.39 is 0 Å². The minimum atomic E-state index is 0.437. The van der Waals surface area contributed by atoms with E-state index >= 15 is 0 Å². The number of rotatable bonds is 7. The zero-order valence-corrected chi connectivity index (χ0v) is 6.34. The summed E-state index contributed by atoms with van der Waals surface area (Å²) in [4.78, 5) is 4.28. The van der Waals surface area contributed by atoms with E-state index in [4.69, 9.17) is 15.4 Å². The lowest BCUT2D eigenvalue weighted by atomic mass is 10.7. The molecule has 2 N–H and O–H groups in total. The van der Waals surface area contributed by atoms with Gasteiger partial charge in [-0.25, -0.2) is 5.90 Å². The second-order valence-corrected chi connectivity index (χ2v) is 1.68. The van der Waals surface area contributed by atoms with Gasteiger partial charge in [0.15, 0.2) is 0 Å². The molecule has 4 nitrogen and oxygen atoms in total. The molecule has 10 heavy (non-hydrogen) atoms. The molecular weight excluding hydrogens is 134 g/mol. The lowest BCUT2D eigenvalue weighted by Crippen LogP contribution is -2.11. The van der Waals surface area contributed by atoms with Crippen LogP contribution < -0.4 is 5.90 Å². The molecule has 0 saturated carbocycles. The highest BCUT2D eigenvalue weighted by Gasteiger charge is 1.86. The van der Waals surface area contributed by atoms with Crippen LogP contribution in [0.15, 0.2) is 0 Å². The molecule has 0 spiro atoms. The number of nitrogens with two attached hydrogens (primary N) is 1. The summed E-state index contributed by atoms with van der Waals surface area (Å²) in [6.07, 6.45) is 0. The van der Waals surface area contributed by atoms with Crippen LogP contribution in [0, 0.1) is 0 Å². The van der Waals surface area contributed by atoms with Crippen LogP contribution in [-0.4, -0.2) is 33.0 Å². The molecular formula is C6H15NO3. The van der Waals surface area contributed by atoms with E-state index in [-0.39, 0.29) is 0 Å². The van der Waals surface area contributed by atoms with E-state index in [1.807, 2.05) is 6.92 Å². The smallest absolute Gasteiger partial charge is 0.0913 e. The monoisotopic (exact) mass is 149 g/mol. The third kappa shape index (κ3) is 7.84. The molecule has 0 heterocycles. The van der Waals surface area contributed by atoms with Gasteiger partial charge in [-0.3, -0.25) is 0 Å². The maximum absolute atomic E-state index is 5.05. The minimum absolute atomic E-state index is 0.437. The van der Waals surface area contributed by atoms with E-state index in [1.54, 1.807) is 0 Å². The zero-order valence-electron chi connectivity index (χ0n) is 6.34. The fraction of sp³-hybridized carbons (Fsp3) is 1.00. The molecule has 4 heteroatoms. The Morgan fingerprint density at radius 2 is 1.60 bits per heavy atom. The SMILES string of the molecule is CCOCCOCCON. The van der Waals surface area contributed by atoms with Crippen LogP contribution in [0.5, 0.6) is 0 Å². The molecule has 0 unspecified atom stereocenters. The van der Waals surface area contributed by atoms with E-state index in [2.05, 4.69) is 4.84 Å². The Labute approximate surface area is 61.2 Å². The van der Waals surface area contributed by atoms with Crippen LogP contribution in [-0.2, 0) is 14.3 Å². The molecule has 0 aliphatic carbocycles. The fourth-order valence-corrected chi connectivity index (χ4v) is 0.471. The number of hydrogen-bond acceptors (Lipinski definition) is 4. The average Bonchev–Trinajstić information content (AvgIpc) is 1.97. The molecule has 0 saturated heterocycles. The Bertz CT molecular complexity index is 53.0. The van der Waals surface area contributed by atoms with Crippen LogP contribution in [0.2, 0.25) is 0 Å². The van der Waals surface area contributed by atoms with Crippen molar-refractivity contribution in [1.82, 2.24) is 0 Å². The van der Waals surface area contributed by atoms with Gasteiger partial charge in [0, 0.05) is 6.61 Å². The van der Waals surface area contributed by atoms with Crippen LogP contribution in [0.1, 0.15) is 6.92 Å². The third-order valence-electron chi connectivity index (χ3n) is 0.922. The molecule has 0 aromatic rings. The summed E-state index contributed by atoms with van der Waals surface area (Å²) in [7, 11) is 0. The molecule has 0 rings (SSSR count). The van der Waals surface area contributed by atoms with Gasteiger partial charge in [-0.05, 0) is 6.92 Å². The van der Waals surface area contributed by atoms with Gasteiger partial charge in [-0.15, -0.1) is 0 Å². The summed E-state index contributed by atoms with van der Waals surface area (Å²) in [5.74, 6) is 4.76. The lowest BCUT2D eigenvalue weighted by Gasteiger charge is -2.02. The first-order valence-corrected chi connectivity index (χ1v) is 3.39. The first-order chi connectivity index (χ1) is 4.91. The summed E-state index contributed by atoms with van der Waals surface area (Å²) in [5, 5.41) is 0. The van der Waals surface area contributed by atoms with Crippen molar-refractivity contribution in [3.8, 4) is 0 Å². The molecule has 0 atom stereocenters. The minimum Gasteiger partial charge on any atom is -0.379 e. The Hall–Kier alpha value is -0.160. The summed E-state index contributed by atoms with van der Waals surface area (Å²) < 4.78 is 10.1. The normalized spacial score (nSPS) is 10.2. The van der Waals surface area contributed by atoms with Gasteiger partial charge in [-0.1, -0.05) is 0 Å². The average molecular weight is 149 g/mol. The van der Waals surface area contributed by atoms with Gasteiger partial charge in [0.1, 0.15) is 0 Å². The van der Waals surface area contributed by atoms with E-state index in [0.717, 1.165) is 6.61 Å². The predicted molar refractivity (Wildman–Crippen MR) is 37.5 cm³/mol. The topological polar surface area (TPSA) is 53.7 Å². The lowest BCUT2D eigenvalue weighted by molar-refractivity contribution is 0.0167. The van der Waals surface area contributed by atoms with Crippen molar-refractivity contribution in [2.45, 2.75) is 6.92 Å². The summed E-state index contributed by atoms with van der Waals surface area (Å²) >= 11 is 0. The quantitative estimate of drug-likeness (QED) is 0.406. The molecule has 0 amide bonds. The summed E-state index contributed by atoms with van der Waals surface area (Å²) in [6.45, 7) is 4.90. The van der Waals surface area contributed by atoms with Crippen molar-refractivity contribution in [2.24, 2.45) is 5.90 Å². The van der Waals surface area contributed by atoms with E-state index in [0.29, 0.717) is 26.4 Å². The second-order valence-electron chi connectivity index (χ2n) is 1.68. The highest BCUT2D eigenvalue weighted by atomic mass is 16.6. The van der Waals surface area contributed by atoms with Gasteiger partial charge < -0.3 is 14.3 Å². The maximum Gasteiger partial charge on any atom is 0.0913 e.